The molecular formula is C11H11N9O. The van der Waals surface area contributed by atoms with Gasteiger partial charge in [0, 0.05) is 6.07 Å². The van der Waals surface area contributed by atoms with Gasteiger partial charge < -0.3 is 10.5 Å². The van der Waals surface area contributed by atoms with Crippen LogP contribution in [0.4, 0.5) is 5.69 Å². The van der Waals surface area contributed by atoms with Gasteiger partial charge in [0.15, 0.2) is 5.84 Å². The minimum atomic E-state index is -0.415. The molecule has 0 saturated carbocycles. The zero-order chi connectivity index (χ0) is 15.2. The number of nitriles is 1. The number of aromatic nitrogens is 4. The highest BCUT2D eigenvalue weighted by Crippen LogP contribution is 2.25. The predicted molar refractivity (Wildman–Crippen MR) is 74.3 cm³/mol. The van der Waals surface area contributed by atoms with Gasteiger partial charge >= 0.3 is 0 Å². The molecule has 10 nitrogen and oxygen atoms in total. The van der Waals surface area contributed by atoms with Crippen LogP contribution in [0.15, 0.2) is 29.6 Å². The van der Waals surface area contributed by atoms with Crippen LogP contribution >= 0.6 is 0 Å². The summed E-state index contributed by atoms with van der Waals surface area (Å²) >= 11 is 0. The number of methoxy groups -OCH3 is 1. The molecule has 106 valence electrons. The highest BCUT2D eigenvalue weighted by atomic mass is 16.5. The highest BCUT2D eigenvalue weighted by Gasteiger charge is 2.08. The smallest absolute Gasteiger partial charge is 0.201 e. The first-order valence-corrected chi connectivity index (χ1v) is 5.65. The topological polar surface area (TPSA) is 151 Å². The van der Waals surface area contributed by atoms with Gasteiger partial charge in [-0.15, -0.1) is 5.10 Å². The van der Waals surface area contributed by atoms with Crippen molar-refractivity contribution in [2.45, 2.75) is 0 Å². The number of amidine groups is 1. The van der Waals surface area contributed by atoms with Crippen molar-refractivity contribution >= 4 is 17.2 Å². The van der Waals surface area contributed by atoms with E-state index in [4.69, 9.17) is 21.1 Å². The van der Waals surface area contributed by atoms with E-state index >= 15 is 0 Å². The Morgan fingerprint density at radius 3 is 2.95 bits per heavy atom. The fourth-order valence-corrected chi connectivity index (χ4v) is 1.47. The molecule has 0 aliphatic carbocycles. The molecule has 0 aliphatic rings. The van der Waals surface area contributed by atoms with Crippen LogP contribution in [0.3, 0.4) is 0 Å². The van der Waals surface area contributed by atoms with E-state index in [0.29, 0.717) is 17.1 Å². The number of ether oxygens (including phenoxy) is 1. The largest absolute Gasteiger partial charge is 0.494 e. The summed E-state index contributed by atoms with van der Waals surface area (Å²) in [5.41, 5.74) is 8.81. The zero-order valence-corrected chi connectivity index (χ0v) is 11.0. The Labute approximate surface area is 119 Å². The summed E-state index contributed by atoms with van der Waals surface area (Å²) in [6, 6.07) is 6.77. The Morgan fingerprint density at radius 1 is 1.57 bits per heavy atom. The minimum absolute atomic E-state index is 0.210. The number of benzene rings is 1. The van der Waals surface area contributed by atoms with Crippen LogP contribution < -0.4 is 15.9 Å². The quantitative estimate of drug-likeness (QED) is 0.394. The van der Waals surface area contributed by atoms with E-state index in [1.807, 2.05) is 0 Å². The molecule has 0 radical (unpaired) electrons. The monoisotopic (exact) mass is 285 g/mol. The van der Waals surface area contributed by atoms with Gasteiger partial charge in [-0.1, -0.05) is 0 Å². The van der Waals surface area contributed by atoms with Crippen molar-refractivity contribution in [3.05, 3.63) is 24.5 Å². The third kappa shape index (κ3) is 3.10. The van der Waals surface area contributed by atoms with Gasteiger partial charge in [-0.2, -0.15) is 15.0 Å². The molecule has 2 aromatic rings. The summed E-state index contributed by atoms with van der Waals surface area (Å²) in [7, 11) is 1.51. The SMILES string of the molecule is COc1cc(N/N=C(\C#N)C(=N)N)ccc1-n1cnnn1. The average Bonchev–Trinajstić information content (AvgIpc) is 3.01. The first-order chi connectivity index (χ1) is 10.2. The van der Waals surface area contributed by atoms with E-state index in [2.05, 4.69) is 26.1 Å². The normalized spacial score (nSPS) is 10.8. The van der Waals surface area contributed by atoms with E-state index < -0.39 is 5.84 Å². The van der Waals surface area contributed by atoms with Crippen LogP contribution in [0.2, 0.25) is 0 Å². The summed E-state index contributed by atoms with van der Waals surface area (Å²) in [5, 5.41) is 30.5. The molecule has 0 aliphatic heterocycles. The van der Waals surface area contributed by atoms with Crippen molar-refractivity contribution in [2.24, 2.45) is 10.8 Å². The lowest BCUT2D eigenvalue weighted by Crippen LogP contribution is -2.21. The molecule has 0 fully saturated rings. The standard InChI is InChI=1S/C11H11N9O/c1-21-10-4-7(16-17-8(5-12)11(13)14)2-3-9(10)20-6-15-18-19-20/h2-4,6,16H,1H3,(H3,13,14)/b17-8+. The first kappa shape index (κ1) is 13.9. The Bertz CT molecular complexity index is 714. The van der Waals surface area contributed by atoms with Crippen LogP contribution in [0.1, 0.15) is 0 Å². The highest BCUT2D eigenvalue weighted by molar-refractivity contribution is 6.45. The van der Waals surface area contributed by atoms with Gasteiger partial charge in [0.25, 0.3) is 0 Å². The molecule has 10 heteroatoms. The Hall–Kier alpha value is -3.48. The summed E-state index contributed by atoms with van der Waals surface area (Å²) in [6.45, 7) is 0. The minimum Gasteiger partial charge on any atom is -0.494 e. The molecule has 2 rings (SSSR count). The molecule has 0 amide bonds. The number of nitrogens with one attached hydrogen (secondary N) is 2. The second-order valence-corrected chi connectivity index (χ2v) is 3.74. The lowest BCUT2D eigenvalue weighted by molar-refractivity contribution is 0.411. The van der Waals surface area contributed by atoms with Gasteiger partial charge in [0.1, 0.15) is 23.8 Å². The zero-order valence-electron chi connectivity index (χ0n) is 11.0. The molecule has 0 unspecified atom stereocenters. The van der Waals surface area contributed by atoms with E-state index in [1.165, 1.54) is 18.1 Å². The maximum Gasteiger partial charge on any atom is 0.201 e. The number of nitrogens with two attached hydrogens (primary N) is 1. The summed E-state index contributed by atoms with van der Waals surface area (Å²) in [6.07, 6.45) is 1.44. The van der Waals surface area contributed by atoms with Crippen LogP contribution in [-0.4, -0.2) is 38.9 Å². The van der Waals surface area contributed by atoms with E-state index in [9.17, 15) is 0 Å². The number of anilines is 1. The van der Waals surface area contributed by atoms with Gasteiger partial charge in [0.05, 0.1) is 12.8 Å². The van der Waals surface area contributed by atoms with Crippen LogP contribution in [0, 0.1) is 16.7 Å². The molecule has 1 heterocycles. The van der Waals surface area contributed by atoms with Gasteiger partial charge in [-0.25, -0.2) is 0 Å². The van der Waals surface area contributed by atoms with Crippen molar-refractivity contribution in [3.8, 4) is 17.5 Å². The first-order valence-electron chi connectivity index (χ1n) is 5.65. The summed E-state index contributed by atoms with van der Waals surface area (Å²) in [5.74, 6) is 0.0890. The summed E-state index contributed by atoms with van der Waals surface area (Å²) in [4.78, 5) is 0. The number of hydrogen-bond acceptors (Lipinski definition) is 8. The summed E-state index contributed by atoms with van der Waals surface area (Å²) < 4.78 is 6.70. The molecule has 4 N–H and O–H groups in total. The van der Waals surface area contributed by atoms with E-state index in [1.54, 1.807) is 24.3 Å². The third-order valence-corrected chi connectivity index (χ3v) is 2.43. The van der Waals surface area contributed by atoms with Crippen molar-refractivity contribution in [1.29, 1.82) is 10.7 Å². The van der Waals surface area contributed by atoms with Crippen LogP contribution in [0.25, 0.3) is 5.69 Å². The average molecular weight is 285 g/mol. The van der Waals surface area contributed by atoms with Crippen LogP contribution in [0.5, 0.6) is 5.75 Å². The fraction of sp³-hybridized carbons (Fsp3) is 0.0909. The van der Waals surface area contributed by atoms with Crippen molar-refractivity contribution in [2.75, 3.05) is 12.5 Å². The van der Waals surface area contributed by atoms with E-state index in [-0.39, 0.29) is 5.71 Å². The number of hydrazone groups is 1. The van der Waals surface area contributed by atoms with Gasteiger partial charge in [-0.05, 0) is 22.6 Å². The molecule has 1 aromatic heterocycles. The molecule has 1 aromatic carbocycles. The molecular weight excluding hydrogens is 274 g/mol. The molecule has 0 bridgehead atoms. The maximum atomic E-state index is 8.75. The number of nitrogens with zero attached hydrogens (tertiary/aromatic N) is 6. The van der Waals surface area contributed by atoms with Gasteiger partial charge in [0.2, 0.25) is 5.71 Å². The fourth-order valence-electron chi connectivity index (χ4n) is 1.47. The third-order valence-electron chi connectivity index (χ3n) is 2.43. The Morgan fingerprint density at radius 2 is 2.38 bits per heavy atom. The van der Waals surface area contributed by atoms with Crippen molar-refractivity contribution in [1.82, 2.24) is 20.2 Å². The Kier molecular flexibility index (Phi) is 4.06. The van der Waals surface area contributed by atoms with Crippen molar-refractivity contribution < 1.29 is 4.74 Å². The molecule has 21 heavy (non-hydrogen) atoms. The Balaban J connectivity index is 2.28. The number of rotatable bonds is 5. The second-order valence-electron chi connectivity index (χ2n) is 3.74. The van der Waals surface area contributed by atoms with Crippen molar-refractivity contribution in [3.63, 3.8) is 0 Å². The van der Waals surface area contributed by atoms with Gasteiger partial charge in [-0.3, -0.25) is 10.8 Å². The maximum absolute atomic E-state index is 8.75. The molecule has 0 atom stereocenters. The number of hydrogen-bond donors (Lipinski definition) is 3. The molecule has 0 saturated heterocycles. The molecule has 0 spiro atoms. The second kappa shape index (κ2) is 6.11. The lowest BCUT2D eigenvalue weighted by Gasteiger charge is -2.09. The van der Waals surface area contributed by atoms with Crippen LogP contribution in [-0.2, 0) is 0 Å². The lowest BCUT2D eigenvalue weighted by atomic mass is 10.2. The predicted octanol–water partition coefficient (Wildman–Crippen LogP) is -0.102. The number of tetrazole rings is 1. The van der Waals surface area contributed by atoms with E-state index in [0.717, 1.165) is 0 Å².